The molecule has 0 heterocycles. The summed E-state index contributed by atoms with van der Waals surface area (Å²) >= 11 is 0. The largest absolute Gasteiger partial charge is 0.328 e. The molecule has 0 unspecified atom stereocenters. The Bertz CT molecular complexity index is 907. The number of hydrogen-bond donors (Lipinski definition) is 0. The number of hydrazone groups is 2. The lowest BCUT2D eigenvalue weighted by molar-refractivity contribution is 0.294. The van der Waals surface area contributed by atoms with Crippen LogP contribution in [0.3, 0.4) is 0 Å². The van der Waals surface area contributed by atoms with Crippen LogP contribution in [0.4, 0.5) is 0 Å². The van der Waals surface area contributed by atoms with Gasteiger partial charge in [-0.3, -0.25) is 0 Å². The van der Waals surface area contributed by atoms with Crippen LogP contribution in [0.25, 0.3) is 0 Å². The van der Waals surface area contributed by atoms with Crippen LogP contribution in [-0.2, 0) is 12.8 Å². The van der Waals surface area contributed by atoms with Crippen LogP contribution in [0.5, 0.6) is 0 Å². The summed E-state index contributed by atoms with van der Waals surface area (Å²) in [6.45, 7) is 14.1. The van der Waals surface area contributed by atoms with E-state index in [2.05, 4.69) is 123 Å². The molecular weight excluding hydrogens is 449 g/mol. The molecule has 0 bridgehead atoms. The summed E-state index contributed by atoms with van der Waals surface area (Å²) in [5, 5.41) is 10.5. The standard InChI is InChI=1S/C28H44N4Si2/c1-31(33(3,4)5)29-26-19-27(30-32(2)34(6,7)8)23-28(22-26,20-24-15-11-9-12-16-24)21-25-17-13-10-14-18-25/h9-18H,19-23H2,1-8H3. The lowest BCUT2D eigenvalue weighted by Gasteiger charge is -2.41. The molecular formula is C28H44N4Si2. The van der Waals surface area contributed by atoms with Crippen LogP contribution in [-0.4, -0.2) is 51.3 Å². The fourth-order valence-electron chi connectivity index (χ4n) is 4.52. The van der Waals surface area contributed by atoms with E-state index in [1.807, 2.05) is 0 Å². The lowest BCUT2D eigenvalue weighted by atomic mass is 9.66. The van der Waals surface area contributed by atoms with Gasteiger partial charge in [-0.05, 0) is 42.2 Å². The van der Waals surface area contributed by atoms with Crippen molar-refractivity contribution in [2.24, 2.45) is 15.6 Å². The molecule has 0 saturated heterocycles. The number of rotatable bonds is 8. The molecule has 0 N–H and O–H groups in total. The Hall–Kier alpha value is -2.19. The summed E-state index contributed by atoms with van der Waals surface area (Å²) in [6, 6.07) is 22.0. The minimum atomic E-state index is -1.52. The van der Waals surface area contributed by atoms with Crippen LogP contribution >= 0.6 is 0 Å². The highest BCUT2D eigenvalue weighted by atomic mass is 28.3. The second-order valence-corrected chi connectivity index (χ2v) is 22.1. The summed E-state index contributed by atoms with van der Waals surface area (Å²) in [5.74, 6) is 0. The third kappa shape index (κ3) is 7.41. The van der Waals surface area contributed by atoms with E-state index in [0.717, 1.165) is 32.1 Å². The Labute approximate surface area is 209 Å². The maximum atomic E-state index is 5.23. The van der Waals surface area contributed by atoms with Crippen molar-refractivity contribution in [2.45, 2.75) is 71.4 Å². The molecule has 0 radical (unpaired) electrons. The van der Waals surface area contributed by atoms with Crippen LogP contribution in [0.1, 0.15) is 30.4 Å². The van der Waals surface area contributed by atoms with E-state index in [9.17, 15) is 0 Å². The van der Waals surface area contributed by atoms with E-state index in [0.29, 0.717) is 0 Å². The zero-order valence-corrected chi connectivity index (χ0v) is 24.6. The molecule has 2 aromatic carbocycles. The maximum absolute atomic E-state index is 5.23. The van der Waals surface area contributed by atoms with Crippen LogP contribution in [0, 0.1) is 5.41 Å². The van der Waals surface area contributed by atoms with Gasteiger partial charge in [0.1, 0.15) is 0 Å². The summed E-state index contributed by atoms with van der Waals surface area (Å²) in [4.78, 5) is 0. The van der Waals surface area contributed by atoms with Gasteiger partial charge in [-0.15, -0.1) is 0 Å². The van der Waals surface area contributed by atoms with E-state index in [-0.39, 0.29) is 5.41 Å². The Balaban J connectivity index is 2.07. The average Bonchev–Trinajstić information content (AvgIpc) is 2.73. The van der Waals surface area contributed by atoms with Gasteiger partial charge >= 0.3 is 0 Å². The van der Waals surface area contributed by atoms with E-state index in [4.69, 9.17) is 10.2 Å². The van der Waals surface area contributed by atoms with E-state index in [1.165, 1.54) is 22.6 Å². The van der Waals surface area contributed by atoms with Crippen LogP contribution < -0.4 is 0 Å². The molecule has 0 aromatic heterocycles. The van der Waals surface area contributed by atoms with Gasteiger partial charge in [0.05, 0.1) is 0 Å². The predicted octanol–water partition coefficient (Wildman–Crippen LogP) is 6.89. The molecule has 2 aromatic rings. The van der Waals surface area contributed by atoms with Crippen molar-refractivity contribution in [1.82, 2.24) is 9.35 Å². The molecule has 184 valence electrons. The van der Waals surface area contributed by atoms with Gasteiger partial charge in [-0.2, -0.15) is 10.2 Å². The molecule has 3 rings (SSSR count). The van der Waals surface area contributed by atoms with Crippen molar-refractivity contribution in [2.75, 3.05) is 14.1 Å². The first-order valence-corrected chi connectivity index (χ1v) is 19.4. The SMILES string of the molecule is CN(N=C1CC(=NN(C)[Si](C)(C)C)CC(Cc2ccccc2)(Cc2ccccc2)C1)[Si](C)(C)C. The Kier molecular flexibility index (Phi) is 8.24. The highest BCUT2D eigenvalue weighted by Gasteiger charge is 2.39. The molecule has 0 aliphatic heterocycles. The number of nitrogens with zero attached hydrogens (tertiary/aromatic N) is 4. The van der Waals surface area contributed by atoms with Crippen molar-refractivity contribution in [3.8, 4) is 0 Å². The summed E-state index contributed by atoms with van der Waals surface area (Å²) in [5.41, 5.74) is 5.43. The fourth-order valence-corrected chi connectivity index (χ4v) is 5.41. The molecule has 1 aliphatic rings. The number of benzene rings is 2. The summed E-state index contributed by atoms with van der Waals surface area (Å²) < 4.78 is 4.53. The van der Waals surface area contributed by atoms with Gasteiger partial charge in [0.2, 0.25) is 0 Å². The van der Waals surface area contributed by atoms with Gasteiger partial charge in [-0.1, -0.05) is 99.9 Å². The van der Waals surface area contributed by atoms with Crippen molar-refractivity contribution < 1.29 is 0 Å². The third-order valence-corrected chi connectivity index (χ3v) is 11.0. The smallest absolute Gasteiger partial charge is 0.168 e. The van der Waals surface area contributed by atoms with E-state index < -0.39 is 16.5 Å². The highest BCUT2D eigenvalue weighted by Crippen LogP contribution is 2.41. The van der Waals surface area contributed by atoms with Crippen molar-refractivity contribution in [3.05, 3.63) is 71.8 Å². The average molecular weight is 493 g/mol. The fraction of sp³-hybridized carbons (Fsp3) is 0.500. The van der Waals surface area contributed by atoms with Gasteiger partial charge in [0.15, 0.2) is 16.5 Å². The molecule has 0 amide bonds. The zero-order chi connectivity index (χ0) is 25.0. The second-order valence-electron chi connectivity index (χ2n) is 12.1. The van der Waals surface area contributed by atoms with Crippen molar-refractivity contribution >= 4 is 27.9 Å². The quantitative estimate of drug-likeness (QED) is 0.297. The molecule has 1 aliphatic carbocycles. The molecule has 34 heavy (non-hydrogen) atoms. The van der Waals surface area contributed by atoms with Gasteiger partial charge in [0, 0.05) is 31.9 Å². The topological polar surface area (TPSA) is 31.2 Å². The lowest BCUT2D eigenvalue weighted by Crippen LogP contribution is -2.44. The third-order valence-electron chi connectivity index (χ3n) is 6.93. The molecule has 0 atom stereocenters. The minimum absolute atomic E-state index is 0.0686. The first-order valence-electron chi connectivity index (χ1n) is 12.5. The normalized spacial score (nSPS) is 18.8. The van der Waals surface area contributed by atoms with Crippen LogP contribution in [0.2, 0.25) is 39.3 Å². The molecule has 1 fully saturated rings. The second kappa shape index (κ2) is 10.6. The summed E-state index contributed by atoms with van der Waals surface area (Å²) in [6.07, 6.45) is 4.99. The zero-order valence-electron chi connectivity index (χ0n) is 22.6. The summed E-state index contributed by atoms with van der Waals surface area (Å²) in [7, 11) is 1.28. The Morgan fingerprint density at radius 3 is 1.32 bits per heavy atom. The first-order chi connectivity index (χ1) is 15.9. The van der Waals surface area contributed by atoms with Crippen molar-refractivity contribution in [1.29, 1.82) is 0 Å². The molecule has 0 spiro atoms. The molecule has 1 saturated carbocycles. The van der Waals surface area contributed by atoms with Gasteiger partial charge in [0.25, 0.3) is 0 Å². The maximum Gasteiger partial charge on any atom is 0.168 e. The Morgan fingerprint density at radius 1 is 0.647 bits per heavy atom. The molecule has 4 nitrogen and oxygen atoms in total. The first kappa shape index (κ1) is 26.4. The minimum Gasteiger partial charge on any atom is -0.328 e. The predicted molar refractivity (Wildman–Crippen MR) is 154 cm³/mol. The van der Waals surface area contributed by atoms with Crippen molar-refractivity contribution in [3.63, 3.8) is 0 Å². The van der Waals surface area contributed by atoms with Crippen LogP contribution in [0.15, 0.2) is 70.9 Å². The van der Waals surface area contributed by atoms with Gasteiger partial charge < -0.3 is 9.35 Å². The number of hydrogen-bond acceptors (Lipinski definition) is 4. The van der Waals surface area contributed by atoms with Gasteiger partial charge in [-0.25, -0.2) is 0 Å². The van der Waals surface area contributed by atoms with E-state index >= 15 is 0 Å². The Morgan fingerprint density at radius 2 is 1.00 bits per heavy atom. The molecule has 6 heteroatoms. The monoisotopic (exact) mass is 492 g/mol. The highest BCUT2D eigenvalue weighted by molar-refractivity contribution is 6.73. The van der Waals surface area contributed by atoms with E-state index in [1.54, 1.807) is 0 Å².